The maximum absolute atomic E-state index is 6.15. The number of amidine groups is 1. The molecule has 1 N–H and O–H groups in total. The minimum absolute atomic E-state index is 0.00868. The molecule has 0 unspecified atom stereocenters. The molecule has 1 aromatic carbocycles. The van der Waals surface area contributed by atoms with E-state index >= 15 is 0 Å². The maximum Gasteiger partial charge on any atom is 0.177 e. The molecule has 3 aliphatic rings. The van der Waals surface area contributed by atoms with Crippen LogP contribution in [0.3, 0.4) is 0 Å². The number of benzene rings is 1. The number of hydrazone groups is 1. The van der Waals surface area contributed by atoms with Gasteiger partial charge in [-0.05, 0) is 44.9 Å². The Morgan fingerprint density at radius 3 is 2.82 bits per heavy atom. The third-order valence-corrected chi connectivity index (χ3v) is 6.20. The average molecular weight is 397 g/mol. The van der Waals surface area contributed by atoms with Gasteiger partial charge in [0.05, 0.1) is 18.3 Å². The van der Waals surface area contributed by atoms with Gasteiger partial charge in [-0.25, -0.2) is 0 Å². The summed E-state index contributed by atoms with van der Waals surface area (Å²) >= 11 is 1.74. The van der Waals surface area contributed by atoms with Crippen molar-refractivity contribution < 1.29 is 9.47 Å². The lowest BCUT2D eigenvalue weighted by atomic mass is 10.1. The first kappa shape index (κ1) is 17.7. The van der Waals surface area contributed by atoms with Crippen molar-refractivity contribution in [1.29, 1.82) is 0 Å². The molecular formula is C21H24N4O2S. The van der Waals surface area contributed by atoms with E-state index in [1.165, 1.54) is 29.8 Å². The molecule has 1 fully saturated rings. The quantitative estimate of drug-likeness (QED) is 0.859. The Bertz CT molecular complexity index is 961. The molecule has 2 aromatic rings. The zero-order valence-electron chi connectivity index (χ0n) is 16.1. The summed E-state index contributed by atoms with van der Waals surface area (Å²) < 4.78 is 14.3. The first-order chi connectivity index (χ1) is 13.7. The van der Waals surface area contributed by atoms with E-state index < -0.39 is 0 Å². The number of thioether (sulfide) groups is 1. The van der Waals surface area contributed by atoms with E-state index in [-0.39, 0.29) is 6.10 Å². The number of fused-ring (bicyclic) bond motifs is 1. The van der Waals surface area contributed by atoms with E-state index in [0.717, 1.165) is 34.7 Å². The van der Waals surface area contributed by atoms with Gasteiger partial charge in [0.1, 0.15) is 6.61 Å². The molecule has 1 atom stereocenters. The molecule has 1 aliphatic carbocycles. The predicted molar refractivity (Wildman–Crippen MR) is 113 cm³/mol. The molecule has 5 rings (SSSR count). The van der Waals surface area contributed by atoms with Crippen LogP contribution in [0.1, 0.15) is 29.8 Å². The number of aliphatic imine (C=N–C) groups is 1. The second-order valence-electron chi connectivity index (χ2n) is 7.52. The Labute approximate surface area is 169 Å². The monoisotopic (exact) mass is 396 g/mol. The standard InChI is InChI=1S/C21H24N4O2S/c1-13-9-17(18-12-28-21(24-23-18)22-15-7-8-15)14(2)25(13)10-16-11-26-19-5-3-4-6-20(19)27-16/h3-6,9,15-16H,7-8,10-12H2,1-2H3,(H,22,24)/t16-/m1/s1. The lowest BCUT2D eigenvalue weighted by Crippen LogP contribution is -2.33. The molecule has 3 heterocycles. The molecule has 28 heavy (non-hydrogen) atoms. The number of aryl methyl sites for hydroxylation is 1. The summed E-state index contributed by atoms with van der Waals surface area (Å²) in [7, 11) is 0. The molecule has 6 nitrogen and oxygen atoms in total. The van der Waals surface area contributed by atoms with Gasteiger partial charge in [-0.3, -0.25) is 10.4 Å². The number of nitrogens with one attached hydrogen (secondary N) is 1. The number of hydrogen-bond acceptors (Lipinski definition) is 5. The number of hydrogen-bond donors (Lipinski definition) is 1. The van der Waals surface area contributed by atoms with E-state index in [0.29, 0.717) is 12.6 Å². The molecule has 0 amide bonds. The molecule has 1 saturated carbocycles. The molecule has 2 aliphatic heterocycles. The van der Waals surface area contributed by atoms with Gasteiger partial charge in [0.25, 0.3) is 0 Å². The van der Waals surface area contributed by atoms with Crippen molar-refractivity contribution in [1.82, 2.24) is 9.99 Å². The van der Waals surface area contributed by atoms with E-state index in [2.05, 4.69) is 40.0 Å². The fraction of sp³-hybridized carbons (Fsp3) is 0.429. The third kappa shape index (κ3) is 3.51. The topological polar surface area (TPSA) is 60.1 Å². The highest BCUT2D eigenvalue weighted by Crippen LogP contribution is 2.32. The van der Waals surface area contributed by atoms with Crippen LogP contribution in [-0.4, -0.2) is 40.0 Å². The Hall–Kier alpha value is -2.41. The smallest absolute Gasteiger partial charge is 0.177 e. The normalized spacial score (nSPS) is 22.7. The van der Waals surface area contributed by atoms with E-state index in [9.17, 15) is 0 Å². The molecule has 0 saturated heterocycles. The highest BCUT2D eigenvalue weighted by Gasteiger charge is 2.25. The minimum Gasteiger partial charge on any atom is -0.486 e. The summed E-state index contributed by atoms with van der Waals surface area (Å²) in [5.74, 6) is 2.49. The third-order valence-electron chi connectivity index (χ3n) is 5.32. The molecule has 146 valence electrons. The van der Waals surface area contributed by atoms with Gasteiger partial charge in [0.15, 0.2) is 22.8 Å². The molecular weight excluding hydrogens is 372 g/mol. The van der Waals surface area contributed by atoms with Gasteiger partial charge in [-0.15, -0.1) is 0 Å². The predicted octanol–water partition coefficient (Wildman–Crippen LogP) is 3.50. The molecule has 7 heteroatoms. The summed E-state index contributed by atoms with van der Waals surface area (Å²) in [6.45, 7) is 5.61. The van der Waals surface area contributed by atoms with Crippen LogP contribution >= 0.6 is 11.8 Å². The largest absolute Gasteiger partial charge is 0.486 e. The van der Waals surface area contributed by atoms with Gasteiger partial charge in [-0.1, -0.05) is 23.9 Å². The lowest BCUT2D eigenvalue weighted by molar-refractivity contribution is 0.0778. The van der Waals surface area contributed by atoms with Crippen molar-refractivity contribution in [3.05, 3.63) is 47.3 Å². The Balaban J connectivity index is 1.32. The summed E-state index contributed by atoms with van der Waals surface area (Å²) in [6.07, 6.45) is 2.41. The van der Waals surface area contributed by atoms with Crippen molar-refractivity contribution in [2.24, 2.45) is 10.1 Å². The number of para-hydroxylation sites is 2. The zero-order valence-corrected chi connectivity index (χ0v) is 17.0. The van der Waals surface area contributed by atoms with Gasteiger partial charge in [0.2, 0.25) is 0 Å². The highest BCUT2D eigenvalue weighted by molar-refractivity contribution is 8.14. The first-order valence-corrected chi connectivity index (χ1v) is 10.7. The number of aromatic nitrogens is 1. The molecule has 0 spiro atoms. The van der Waals surface area contributed by atoms with E-state index in [4.69, 9.17) is 9.47 Å². The van der Waals surface area contributed by atoms with Crippen LogP contribution in [0, 0.1) is 13.8 Å². The first-order valence-electron chi connectivity index (χ1n) is 9.76. The minimum atomic E-state index is -0.00868. The van der Waals surface area contributed by atoms with Gasteiger partial charge in [0, 0.05) is 22.7 Å². The van der Waals surface area contributed by atoms with Crippen molar-refractivity contribution in [2.75, 3.05) is 12.4 Å². The zero-order chi connectivity index (χ0) is 19.1. The van der Waals surface area contributed by atoms with Gasteiger partial charge in [-0.2, -0.15) is 5.10 Å². The van der Waals surface area contributed by atoms with Crippen LogP contribution in [0.25, 0.3) is 0 Å². The van der Waals surface area contributed by atoms with Crippen LogP contribution in [0.2, 0.25) is 0 Å². The molecule has 0 bridgehead atoms. The summed E-state index contributed by atoms with van der Waals surface area (Å²) in [4.78, 5) is 4.64. The SMILES string of the molecule is Cc1cc(C2=NNC(=NC3CC3)SC2)c(C)n1C[C@@H]1COc2ccccc2O1. The lowest BCUT2D eigenvalue weighted by Gasteiger charge is -2.27. The van der Waals surface area contributed by atoms with E-state index in [1.807, 2.05) is 24.3 Å². The van der Waals surface area contributed by atoms with Gasteiger partial charge >= 0.3 is 0 Å². The fourth-order valence-corrected chi connectivity index (χ4v) is 4.45. The van der Waals surface area contributed by atoms with Crippen LogP contribution in [0.4, 0.5) is 0 Å². The van der Waals surface area contributed by atoms with Crippen molar-refractivity contribution in [3.8, 4) is 11.5 Å². The van der Waals surface area contributed by atoms with Crippen LogP contribution < -0.4 is 14.9 Å². The Morgan fingerprint density at radius 2 is 2.07 bits per heavy atom. The van der Waals surface area contributed by atoms with Crippen molar-refractivity contribution in [2.45, 2.75) is 45.4 Å². The maximum atomic E-state index is 6.15. The van der Waals surface area contributed by atoms with Crippen LogP contribution in [-0.2, 0) is 6.54 Å². The van der Waals surface area contributed by atoms with Crippen molar-refractivity contribution >= 4 is 22.6 Å². The molecule has 1 aromatic heterocycles. The fourth-order valence-electron chi connectivity index (χ4n) is 3.62. The van der Waals surface area contributed by atoms with Crippen LogP contribution in [0.15, 0.2) is 40.4 Å². The number of ether oxygens (including phenoxy) is 2. The Kier molecular flexibility index (Phi) is 4.55. The number of rotatable bonds is 4. The average Bonchev–Trinajstić information content (AvgIpc) is 3.49. The second kappa shape index (κ2) is 7.20. The second-order valence-corrected chi connectivity index (χ2v) is 8.48. The summed E-state index contributed by atoms with van der Waals surface area (Å²) in [5, 5.41) is 5.55. The Morgan fingerprint density at radius 1 is 1.25 bits per heavy atom. The summed E-state index contributed by atoms with van der Waals surface area (Å²) in [6, 6.07) is 10.6. The van der Waals surface area contributed by atoms with Crippen LogP contribution in [0.5, 0.6) is 11.5 Å². The summed E-state index contributed by atoms with van der Waals surface area (Å²) in [5.41, 5.74) is 7.82. The molecule has 0 radical (unpaired) electrons. The van der Waals surface area contributed by atoms with E-state index in [1.54, 1.807) is 11.8 Å². The number of nitrogens with zero attached hydrogens (tertiary/aromatic N) is 3. The van der Waals surface area contributed by atoms with Gasteiger partial charge < -0.3 is 14.0 Å². The van der Waals surface area contributed by atoms with Crippen molar-refractivity contribution in [3.63, 3.8) is 0 Å². The highest BCUT2D eigenvalue weighted by atomic mass is 32.2.